The van der Waals surface area contributed by atoms with E-state index >= 15 is 0 Å². The van der Waals surface area contributed by atoms with Crippen molar-refractivity contribution in [3.63, 3.8) is 0 Å². The van der Waals surface area contributed by atoms with Gasteiger partial charge in [-0.2, -0.15) is 0 Å². The second kappa shape index (κ2) is 3.49. The number of nitrogens with zero attached hydrogens (tertiary/aromatic N) is 1. The molecule has 0 aliphatic heterocycles. The number of benzene rings is 1. The SMILES string of the molecule is Fc1cccc2cc(Br)c(I)nc12. The van der Waals surface area contributed by atoms with E-state index < -0.39 is 0 Å². The maximum atomic E-state index is 13.2. The van der Waals surface area contributed by atoms with Crippen molar-refractivity contribution in [3.05, 3.63) is 38.3 Å². The summed E-state index contributed by atoms with van der Waals surface area (Å²) in [6.45, 7) is 0. The van der Waals surface area contributed by atoms with Gasteiger partial charge in [0.2, 0.25) is 0 Å². The zero-order valence-electron chi connectivity index (χ0n) is 6.39. The van der Waals surface area contributed by atoms with Crippen LogP contribution in [0.3, 0.4) is 0 Å². The van der Waals surface area contributed by atoms with Gasteiger partial charge in [0.05, 0.1) is 4.47 Å². The van der Waals surface area contributed by atoms with Gasteiger partial charge in [-0.05, 0) is 50.7 Å². The molecule has 2 rings (SSSR count). The summed E-state index contributed by atoms with van der Waals surface area (Å²) >= 11 is 5.41. The van der Waals surface area contributed by atoms with Gasteiger partial charge in [-0.15, -0.1) is 0 Å². The highest BCUT2D eigenvalue weighted by molar-refractivity contribution is 14.1. The molecule has 0 atom stereocenters. The van der Waals surface area contributed by atoms with E-state index in [1.54, 1.807) is 6.07 Å². The van der Waals surface area contributed by atoms with Gasteiger partial charge in [-0.25, -0.2) is 9.37 Å². The minimum atomic E-state index is -0.275. The van der Waals surface area contributed by atoms with Crippen LogP contribution in [-0.2, 0) is 0 Å². The summed E-state index contributed by atoms with van der Waals surface area (Å²) < 4.78 is 14.9. The summed E-state index contributed by atoms with van der Waals surface area (Å²) in [4.78, 5) is 4.14. The molecular weight excluding hydrogens is 348 g/mol. The summed E-state index contributed by atoms with van der Waals surface area (Å²) in [5.41, 5.74) is 0.426. The zero-order chi connectivity index (χ0) is 9.42. The Morgan fingerprint density at radius 2 is 2.15 bits per heavy atom. The number of halogens is 3. The van der Waals surface area contributed by atoms with E-state index in [0.717, 1.165) is 13.6 Å². The molecule has 0 saturated heterocycles. The van der Waals surface area contributed by atoms with Crippen molar-refractivity contribution in [1.82, 2.24) is 4.98 Å². The fourth-order valence-corrected chi connectivity index (χ4v) is 1.85. The van der Waals surface area contributed by atoms with Crippen LogP contribution in [0.4, 0.5) is 4.39 Å². The molecule has 1 nitrogen and oxygen atoms in total. The second-order valence-corrected chi connectivity index (χ2v) is 4.45. The molecule has 0 aliphatic rings. The molecule has 2 aromatic rings. The average molecular weight is 352 g/mol. The van der Waals surface area contributed by atoms with E-state index in [1.807, 2.05) is 12.1 Å². The van der Waals surface area contributed by atoms with Gasteiger partial charge in [0.15, 0.2) is 0 Å². The highest BCUT2D eigenvalue weighted by Crippen LogP contribution is 2.23. The van der Waals surface area contributed by atoms with Gasteiger partial charge in [-0.3, -0.25) is 0 Å². The molecule has 4 heteroatoms. The second-order valence-electron chi connectivity index (χ2n) is 2.57. The molecule has 0 radical (unpaired) electrons. The molecule has 0 unspecified atom stereocenters. The van der Waals surface area contributed by atoms with Gasteiger partial charge in [0, 0.05) is 5.39 Å². The van der Waals surface area contributed by atoms with Crippen LogP contribution in [0.15, 0.2) is 28.7 Å². The third-order valence-electron chi connectivity index (χ3n) is 1.71. The van der Waals surface area contributed by atoms with Gasteiger partial charge >= 0.3 is 0 Å². The predicted octanol–water partition coefficient (Wildman–Crippen LogP) is 3.74. The van der Waals surface area contributed by atoms with E-state index in [4.69, 9.17) is 0 Å². The summed E-state index contributed by atoms with van der Waals surface area (Å²) in [6.07, 6.45) is 0. The molecule has 0 aliphatic carbocycles. The maximum Gasteiger partial charge on any atom is 0.149 e. The van der Waals surface area contributed by atoms with Crippen LogP contribution in [0.25, 0.3) is 10.9 Å². The Hall–Kier alpha value is -0.230. The fraction of sp³-hybridized carbons (Fsp3) is 0. The quantitative estimate of drug-likeness (QED) is 0.520. The smallest absolute Gasteiger partial charge is 0.149 e. The first kappa shape index (κ1) is 9.33. The first-order chi connectivity index (χ1) is 6.18. The molecule has 0 spiro atoms. The van der Waals surface area contributed by atoms with Crippen LogP contribution in [-0.4, -0.2) is 4.98 Å². The van der Waals surface area contributed by atoms with Gasteiger partial charge in [0.25, 0.3) is 0 Å². The number of pyridine rings is 1. The van der Waals surface area contributed by atoms with Crippen molar-refractivity contribution in [2.24, 2.45) is 0 Å². The lowest BCUT2D eigenvalue weighted by molar-refractivity contribution is 0.636. The van der Waals surface area contributed by atoms with Crippen molar-refractivity contribution in [3.8, 4) is 0 Å². The predicted molar refractivity (Wildman–Crippen MR) is 62.1 cm³/mol. The van der Waals surface area contributed by atoms with E-state index in [2.05, 4.69) is 43.5 Å². The van der Waals surface area contributed by atoms with Crippen LogP contribution < -0.4 is 0 Å². The molecule has 13 heavy (non-hydrogen) atoms. The summed E-state index contributed by atoms with van der Waals surface area (Å²) in [5.74, 6) is -0.275. The Balaban J connectivity index is 2.89. The molecule has 0 N–H and O–H groups in total. The number of fused-ring (bicyclic) bond motifs is 1. The molecule has 1 heterocycles. The Morgan fingerprint density at radius 1 is 1.38 bits per heavy atom. The third-order valence-corrected chi connectivity index (χ3v) is 3.88. The number of hydrogen-bond donors (Lipinski definition) is 0. The Kier molecular flexibility index (Phi) is 2.51. The largest absolute Gasteiger partial charge is 0.238 e. The Bertz CT molecular complexity index is 472. The monoisotopic (exact) mass is 351 g/mol. The Labute approximate surface area is 96.6 Å². The number of para-hydroxylation sites is 1. The Morgan fingerprint density at radius 3 is 2.92 bits per heavy atom. The first-order valence-electron chi connectivity index (χ1n) is 3.59. The molecule has 0 bridgehead atoms. The standard InChI is InChI=1S/C9H4BrFIN/c10-6-4-5-2-1-3-7(11)8(5)13-9(6)12/h1-4H. The van der Waals surface area contributed by atoms with Gasteiger partial charge < -0.3 is 0 Å². The molecule has 1 aromatic heterocycles. The van der Waals surface area contributed by atoms with E-state index in [1.165, 1.54) is 6.07 Å². The molecule has 1 aromatic carbocycles. The van der Waals surface area contributed by atoms with Crippen molar-refractivity contribution in [1.29, 1.82) is 0 Å². The maximum absolute atomic E-state index is 13.2. The van der Waals surface area contributed by atoms with Crippen LogP contribution >= 0.6 is 38.5 Å². The minimum absolute atomic E-state index is 0.275. The van der Waals surface area contributed by atoms with Gasteiger partial charge in [-0.1, -0.05) is 12.1 Å². The summed E-state index contributed by atoms with van der Waals surface area (Å²) in [7, 11) is 0. The number of hydrogen-bond acceptors (Lipinski definition) is 1. The van der Waals surface area contributed by atoms with E-state index in [-0.39, 0.29) is 5.82 Å². The lowest BCUT2D eigenvalue weighted by Crippen LogP contribution is -1.88. The molecule has 66 valence electrons. The summed E-state index contributed by atoms with van der Waals surface area (Å²) in [6, 6.07) is 6.80. The number of rotatable bonds is 0. The zero-order valence-corrected chi connectivity index (χ0v) is 10.1. The average Bonchev–Trinajstić information content (AvgIpc) is 2.09. The number of aromatic nitrogens is 1. The fourth-order valence-electron chi connectivity index (χ4n) is 1.11. The first-order valence-corrected chi connectivity index (χ1v) is 5.46. The summed E-state index contributed by atoms with van der Waals surface area (Å²) in [5, 5.41) is 0.812. The van der Waals surface area contributed by atoms with Crippen molar-refractivity contribution >= 4 is 49.4 Å². The van der Waals surface area contributed by atoms with Crippen LogP contribution in [0.5, 0.6) is 0 Å². The van der Waals surface area contributed by atoms with Crippen LogP contribution in [0, 0.1) is 9.52 Å². The van der Waals surface area contributed by atoms with Crippen molar-refractivity contribution < 1.29 is 4.39 Å². The van der Waals surface area contributed by atoms with E-state index in [0.29, 0.717) is 5.52 Å². The van der Waals surface area contributed by atoms with E-state index in [9.17, 15) is 4.39 Å². The van der Waals surface area contributed by atoms with Crippen LogP contribution in [0.1, 0.15) is 0 Å². The van der Waals surface area contributed by atoms with Crippen molar-refractivity contribution in [2.75, 3.05) is 0 Å². The molecular formula is C9H4BrFIN. The van der Waals surface area contributed by atoms with Crippen LogP contribution in [0.2, 0.25) is 0 Å². The molecule has 0 fully saturated rings. The third kappa shape index (κ3) is 1.69. The normalized spacial score (nSPS) is 10.7. The van der Waals surface area contributed by atoms with Gasteiger partial charge in [0.1, 0.15) is 15.0 Å². The highest BCUT2D eigenvalue weighted by atomic mass is 127. The lowest BCUT2D eigenvalue weighted by atomic mass is 10.2. The van der Waals surface area contributed by atoms with Crippen molar-refractivity contribution in [2.45, 2.75) is 0 Å². The highest BCUT2D eigenvalue weighted by Gasteiger charge is 2.04. The topological polar surface area (TPSA) is 12.9 Å². The molecule has 0 saturated carbocycles. The minimum Gasteiger partial charge on any atom is -0.238 e. The lowest BCUT2D eigenvalue weighted by Gasteiger charge is -2.00. The molecule has 0 amide bonds.